The molecule has 0 spiro atoms. The predicted molar refractivity (Wildman–Crippen MR) is 123 cm³/mol. The van der Waals surface area contributed by atoms with Crippen LogP contribution in [0.5, 0.6) is 11.5 Å². The molecule has 0 atom stereocenters. The second kappa shape index (κ2) is 8.00. The van der Waals surface area contributed by atoms with Crippen LogP contribution in [0.15, 0.2) is 84.5 Å². The lowest BCUT2D eigenvalue weighted by Gasteiger charge is -2.33. The molecule has 146 valence electrons. The van der Waals surface area contributed by atoms with Crippen molar-refractivity contribution in [2.75, 3.05) is 4.90 Å². The van der Waals surface area contributed by atoms with Crippen LogP contribution in [-0.4, -0.2) is 0 Å². The molecule has 4 rings (SSSR count). The van der Waals surface area contributed by atoms with Crippen molar-refractivity contribution in [1.29, 1.82) is 0 Å². The maximum absolute atomic E-state index is 6.24. The van der Waals surface area contributed by atoms with E-state index >= 15 is 0 Å². The molecule has 0 bridgehead atoms. The lowest BCUT2D eigenvalue weighted by Crippen LogP contribution is -2.16. The molecule has 0 saturated heterocycles. The van der Waals surface area contributed by atoms with E-state index in [1.807, 2.05) is 0 Å². The standard InChI is InChI=1S/C27H27NO/c1-19(2)7-5-6-8-22-11-13-23(14-12-22)28-24-15-9-20(3)17-26(24)29-27-18-21(4)10-16-25(27)28/h5-7,9-18H,8H2,1-4H3. The van der Waals surface area contributed by atoms with Crippen LogP contribution in [0.3, 0.4) is 0 Å². The summed E-state index contributed by atoms with van der Waals surface area (Å²) in [6, 6.07) is 21.6. The molecule has 0 N–H and O–H groups in total. The molecule has 0 fully saturated rings. The number of fused-ring (bicyclic) bond motifs is 2. The molecule has 3 aromatic carbocycles. The number of aryl methyl sites for hydroxylation is 2. The third-order valence-corrected chi connectivity index (χ3v) is 5.05. The van der Waals surface area contributed by atoms with E-state index < -0.39 is 0 Å². The van der Waals surface area contributed by atoms with Crippen LogP contribution in [0, 0.1) is 13.8 Å². The minimum absolute atomic E-state index is 0.900. The summed E-state index contributed by atoms with van der Waals surface area (Å²) < 4.78 is 6.24. The molecule has 3 aromatic rings. The van der Waals surface area contributed by atoms with Crippen LogP contribution in [0.25, 0.3) is 0 Å². The molecule has 1 aliphatic rings. The Bertz CT molecular complexity index is 1030. The highest BCUT2D eigenvalue weighted by molar-refractivity contribution is 5.86. The fraction of sp³-hybridized carbons (Fsp3) is 0.185. The minimum atomic E-state index is 0.900. The molecule has 0 aromatic heterocycles. The maximum atomic E-state index is 6.24. The van der Waals surface area contributed by atoms with Gasteiger partial charge in [-0.2, -0.15) is 0 Å². The van der Waals surface area contributed by atoms with Crippen molar-refractivity contribution in [2.45, 2.75) is 34.1 Å². The first kappa shape index (κ1) is 19.1. The summed E-state index contributed by atoms with van der Waals surface area (Å²) in [4.78, 5) is 2.29. The van der Waals surface area contributed by atoms with E-state index in [4.69, 9.17) is 4.74 Å². The molecule has 0 radical (unpaired) electrons. The number of benzene rings is 3. The second-order valence-electron chi connectivity index (χ2n) is 7.92. The summed E-state index contributed by atoms with van der Waals surface area (Å²) in [5, 5.41) is 0. The van der Waals surface area contributed by atoms with Gasteiger partial charge in [-0.15, -0.1) is 0 Å². The fourth-order valence-corrected chi connectivity index (χ4v) is 3.55. The van der Waals surface area contributed by atoms with Crippen molar-refractivity contribution in [3.63, 3.8) is 0 Å². The topological polar surface area (TPSA) is 12.5 Å². The Morgan fingerprint density at radius 2 is 1.41 bits per heavy atom. The van der Waals surface area contributed by atoms with Crippen molar-refractivity contribution in [3.8, 4) is 11.5 Å². The largest absolute Gasteiger partial charge is 0.453 e. The molecule has 0 unspecified atom stereocenters. The normalized spacial score (nSPS) is 12.3. The molecule has 1 heterocycles. The van der Waals surface area contributed by atoms with E-state index in [0.29, 0.717) is 0 Å². The van der Waals surface area contributed by atoms with Crippen LogP contribution < -0.4 is 9.64 Å². The van der Waals surface area contributed by atoms with E-state index in [0.717, 1.165) is 35.0 Å². The zero-order chi connectivity index (χ0) is 20.4. The first-order valence-electron chi connectivity index (χ1n) is 10.1. The average Bonchev–Trinajstić information content (AvgIpc) is 2.69. The Hall–Kier alpha value is -3.26. The smallest absolute Gasteiger partial charge is 0.151 e. The third kappa shape index (κ3) is 4.12. The first-order chi connectivity index (χ1) is 14.0. The van der Waals surface area contributed by atoms with E-state index in [-0.39, 0.29) is 0 Å². The molecule has 1 aliphatic heterocycles. The van der Waals surface area contributed by atoms with Gasteiger partial charge in [0.15, 0.2) is 11.5 Å². The van der Waals surface area contributed by atoms with Crippen molar-refractivity contribution < 1.29 is 4.74 Å². The van der Waals surface area contributed by atoms with Gasteiger partial charge in [0, 0.05) is 5.69 Å². The molecule has 2 nitrogen and oxygen atoms in total. The maximum Gasteiger partial charge on any atom is 0.151 e. The predicted octanol–water partition coefficient (Wildman–Crippen LogP) is 7.94. The quantitative estimate of drug-likeness (QED) is 0.333. The Labute approximate surface area is 173 Å². The van der Waals surface area contributed by atoms with Crippen molar-refractivity contribution in [1.82, 2.24) is 0 Å². The van der Waals surface area contributed by atoms with E-state index in [1.54, 1.807) is 0 Å². The summed E-state index contributed by atoms with van der Waals surface area (Å²) >= 11 is 0. The molecular weight excluding hydrogens is 354 g/mol. The van der Waals surface area contributed by atoms with E-state index in [9.17, 15) is 0 Å². The third-order valence-electron chi connectivity index (χ3n) is 5.05. The minimum Gasteiger partial charge on any atom is -0.453 e. The van der Waals surface area contributed by atoms with Gasteiger partial charge in [-0.25, -0.2) is 0 Å². The van der Waals surface area contributed by atoms with Gasteiger partial charge in [0.1, 0.15) is 0 Å². The number of allylic oxidation sites excluding steroid dienone is 4. The van der Waals surface area contributed by atoms with Crippen molar-refractivity contribution in [3.05, 3.63) is 101 Å². The lowest BCUT2D eigenvalue weighted by atomic mass is 10.1. The summed E-state index contributed by atoms with van der Waals surface area (Å²) in [5.41, 5.74) is 8.28. The number of hydrogen-bond acceptors (Lipinski definition) is 2. The summed E-state index contributed by atoms with van der Waals surface area (Å²) in [5.74, 6) is 1.80. The van der Waals surface area contributed by atoms with Crippen LogP contribution in [0.2, 0.25) is 0 Å². The van der Waals surface area contributed by atoms with Gasteiger partial charge in [0.2, 0.25) is 0 Å². The Kier molecular flexibility index (Phi) is 5.26. The van der Waals surface area contributed by atoms with Crippen molar-refractivity contribution in [2.24, 2.45) is 0 Å². The highest BCUT2D eigenvalue weighted by atomic mass is 16.5. The van der Waals surface area contributed by atoms with Crippen molar-refractivity contribution >= 4 is 17.1 Å². The Morgan fingerprint density at radius 1 is 0.828 bits per heavy atom. The SMILES string of the molecule is CC(C)=CC=CCc1ccc(N2c3ccc(C)cc3Oc3cc(C)ccc32)cc1. The Morgan fingerprint density at radius 3 is 1.97 bits per heavy atom. The van der Waals surface area contributed by atoms with Gasteiger partial charge in [-0.3, -0.25) is 0 Å². The second-order valence-corrected chi connectivity index (χ2v) is 7.92. The van der Waals surface area contributed by atoms with Crippen LogP contribution >= 0.6 is 0 Å². The van der Waals surface area contributed by atoms with Crippen LogP contribution in [-0.2, 0) is 6.42 Å². The molecule has 0 amide bonds. The number of ether oxygens (including phenoxy) is 1. The number of hydrogen-bond donors (Lipinski definition) is 0. The summed E-state index contributed by atoms with van der Waals surface area (Å²) in [7, 11) is 0. The van der Waals surface area contributed by atoms with Gasteiger partial charge < -0.3 is 9.64 Å². The van der Waals surface area contributed by atoms with E-state index in [1.165, 1.54) is 22.3 Å². The van der Waals surface area contributed by atoms with Crippen LogP contribution in [0.4, 0.5) is 17.1 Å². The zero-order valence-corrected chi connectivity index (χ0v) is 17.6. The molecule has 0 saturated carbocycles. The molecule has 29 heavy (non-hydrogen) atoms. The summed E-state index contributed by atoms with van der Waals surface area (Å²) in [6.07, 6.45) is 7.40. The van der Waals surface area contributed by atoms with E-state index in [2.05, 4.69) is 111 Å². The Balaban J connectivity index is 1.69. The van der Waals surface area contributed by atoms with Gasteiger partial charge in [0.25, 0.3) is 0 Å². The lowest BCUT2D eigenvalue weighted by molar-refractivity contribution is 0.476. The highest BCUT2D eigenvalue weighted by Crippen LogP contribution is 2.50. The van der Waals surface area contributed by atoms with Gasteiger partial charge in [-0.1, -0.05) is 48.1 Å². The van der Waals surface area contributed by atoms with Gasteiger partial charge >= 0.3 is 0 Å². The number of anilines is 3. The highest BCUT2D eigenvalue weighted by Gasteiger charge is 2.25. The number of rotatable bonds is 4. The van der Waals surface area contributed by atoms with Gasteiger partial charge in [-0.05, 0) is 87.2 Å². The number of nitrogens with zero attached hydrogens (tertiary/aromatic N) is 1. The monoisotopic (exact) mass is 381 g/mol. The fourth-order valence-electron chi connectivity index (χ4n) is 3.55. The average molecular weight is 382 g/mol. The zero-order valence-electron chi connectivity index (χ0n) is 17.6. The molecule has 2 heteroatoms. The van der Waals surface area contributed by atoms with Gasteiger partial charge in [0.05, 0.1) is 11.4 Å². The summed E-state index contributed by atoms with van der Waals surface area (Å²) in [6.45, 7) is 8.41. The molecule has 0 aliphatic carbocycles. The van der Waals surface area contributed by atoms with Crippen LogP contribution in [0.1, 0.15) is 30.5 Å². The molecular formula is C27H27NO. The first-order valence-corrected chi connectivity index (χ1v) is 10.1.